The molecule has 0 aliphatic rings. The van der Waals surface area contributed by atoms with Gasteiger partial charge in [-0.2, -0.15) is 0 Å². The number of amides is 1. The average Bonchev–Trinajstić information content (AvgIpc) is 2.85. The first-order valence-corrected chi connectivity index (χ1v) is 6.35. The molecule has 96 valence electrons. The SMILES string of the molecule is CC(CNC(=O)Cc1cn2ccsc2n1)C(=O)O. The molecule has 6 nitrogen and oxygen atoms in total. The highest BCUT2D eigenvalue weighted by atomic mass is 32.1. The number of carboxylic acid groups (broad SMARTS) is 1. The van der Waals surface area contributed by atoms with Crippen LogP contribution in [-0.2, 0) is 16.0 Å². The Kier molecular flexibility index (Phi) is 3.61. The summed E-state index contributed by atoms with van der Waals surface area (Å²) in [5.41, 5.74) is 0.683. The number of aromatic nitrogens is 2. The molecular weight excluding hydrogens is 254 g/mol. The van der Waals surface area contributed by atoms with Gasteiger partial charge in [0.1, 0.15) is 0 Å². The molecule has 0 radical (unpaired) electrons. The minimum atomic E-state index is -0.919. The third-order valence-electron chi connectivity index (χ3n) is 2.51. The van der Waals surface area contributed by atoms with E-state index in [4.69, 9.17) is 5.11 Å². The maximum atomic E-state index is 11.6. The standard InChI is InChI=1S/C11H13N3O3S/c1-7(10(16)17)5-12-9(15)4-8-6-14-2-3-18-11(14)13-8/h2-3,6-7H,4-5H2,1H3,(H,12,15)(H,16,17). The Morgan fingerprint density at radius 1 is 1.61 bits per heavy atom. The average molecular weight is 267 g/mol. The highest BCUT2D eigenvalue weighted by Gasteiger charge is 2.13. The summed E-state index contributed by atoms with van der Waals surface area (Å²) in [7, 11) is 0. The zero-order chi connectivity index (χ0) is 13.1. The molecule has 2 aromatic heterocycles. The van der Waals surface area contributed by atoms with Crippen LogP contribution in [0.25, 0.3) is 4.96 Å². The Hall–Kier alpha value is -1.89. The van der Waals surface area contributed by atoms with Crippen molar-refractivity contribution in [2.24, 2.45) is 5.92 Å². The third-order valence-corrected chi connectivity index (χ3v) is 3.28. The molecule has 1 unspecified atom stereocenters. The fourth-order valence-electron chi connectivity index (χ4n) is 1.44. The molecule has 2 aromatic rings. The molecule has 0 saturated carbocycles. The summed E-state index contributed by atoms with van der Waals surface area (Å²) in [4.78, 5) is 27.3. The number of thiazole rings is 1. The maximum Gasteiger partial charge on any atom is 0.308 e. The number of carbonyl (C=O) groups is 2. The number of hydrogen-bond donors (Lipinski definition) is 2. The van der Waals surface area contributed by atoms with E-state index in [2.05, 4.69) is 10.3 Å². The molecule has 0 saturated heterocycles. The van der Waals surface area contributed by atoms with Gasteiger partial charge in [-0.15, -0.1) is 11.3 Å². The Balaban J connectivity index is 1.87. The van der Waals surface area contributed by atoms with Gasteiger partial charge in [0.05, 0.1) is 18.0 Å². The van der Waals surface area contributed by atoms with Crippen LogP contribution in [0.3, 0.4) is 0 Å². The van der Waals surface area contributed by atoms with E-state index in [0.29, 0.717) is 5.69 Å². The van der Waals surface area contributed by atoms with Gasteiger partial charge >= 0.3 is 5.97 Å². The van der Waals surface area contributed by atoms with Gasteiger partial charge < -0.3 is 10.4 Å². The first kappa shape index (κ1) is 12.6. The molecule has 2 N–H and O–H groups in total. The molecule has 0 aliphatic heterocycles. The lowest BCUT2D eigenvalue weighted by atomic mass is 10.2. The van der Waals surface area contributed by atoms with Crippen molar-refractivity contribution in [3.05, 3.63) is 23.5 Å². The summed E-state index contributed by atoms with van der Waals surface area (Å²) in [5, 5.41) is 13.2. The quantitative estimate of drug-likeness (QED) is 0.838. The Labute approximate surface area is 107 Å². The van der Waals surface area contributed by atoms with Crippen LogP contribution in [-0.4, -0.2) is 32.9 Å². The molecule has 18 heavy (non-hydrogen) atoms. The van der Waals surface area contributed by atoms with Gasteiger partial charge in [0.25, 0.3) is 0 Å². The van der Waals surface area contributed by atoms with Crippen molar-refractivity contribution >= 4 is 28.2 Å². The van der Waals surface area contributed by atoms with Crippen LogP contribution in [0.5, 0.6) is 0 Å². The second-order valence-electron chi connectivity index (χ2n) is 4.05. The van der Waals surface area contributed by atoms with E-state index in [1.807, 2.05) is 16.0 Å². The number of aliphatic carboxylic acids is 1. The summed E-state index contributed by atoms with van der Waals surface area (Å²) in [6.07, 6.45) is 3.84. The summed E-state index contributed by atoms with van der Waals surface area (Å²) in [6.45, 7) is 1.69. The number of imidazole rings is 1. The smallest absolute Gasteiger partial charge is 0.308 e. The molecule has 2 heterocycles. The molecule has 1 atom stereocenters. The molecule has 0 spiro atoms. The fraction of sp³-hybridized carbons (Fsp3) is 0.364. The molecule has 0 fully saturated rings. The van der Waals surface area contributed by atoms with Crippen LogP contribution in [0.1, 0.15) is 12.6 Å². The number of carbonyl (C=O) groups excluding carboxylic acids is 1. The lowest BCUT2D eigenvalue weighted by molar-refractivity contribution is -0.141. The fourth-order valence-corrected chi connectivity index (χ4v) is 2.16. The Morgan fingerprint density at radius 3 is 3.06 bits per heavy atom. The minimum absolute atomic E-state index is 0.135. The Morgan fingerprint density at radius 2 is 2.39 bits per heavy atom. The van der Waals surface area contributed by atoms with E-state index >= 15 is 0 Å². The lowest BCUT2D eigenvalue weighted by Crippen LogP contribution is -2.32. The van der Waals surface area contributed by atoms with Gasteiger partial charge in [0.2, 0.25) is 5.91 Å². The molecule has 0 aliphatic carbocycles. The normalized spacial score (nSPS) is 12.5. The van der Waals surface area contributed by atoms with E-state index in [1.54, 1.807) is 13.1 Å². The van der Waals surface area contributed by atoms with E-state index in [9.17, 15) is 9.59 Å². The number of carboxylic acids is 1. The van der Waals surface area contributed by atoms with Crippen LogP contribution in [0, 0.1) is 5.92 Å². The predicted octanol–water partition coefficient (Wildman–Crippen LogP) is 0.775. The van der Waals surface area contributed by atoms with Gasteiger partial charge in [-0.3, -0.25) is 14.0 Å². The largest absolute Gasteiger partial charge is 0.481 e. The summed E-state index contributed by atoms with van der Waals surface area (Å²) in [5.74, 6) is -1.72. The Bertz CT molecular complexity index is 546. The van der Waals surface area contributed by atoms with Gasteiger partial charge in [-0.25, -0.2) is 4.98 Å². The first-order valence-electron chi connectivity index (χ1n) is 5.47. The second kappa shape index (κ2) is 5.18. The highest BCUT2D eigenvalue weighted by Crippen LogP contribution is 2.11. The van der Waals surface area contributed by atoms with Crippen molar-refractivity contribution in [2.45, 2.75) is 13.3 Å². The van der Waals surface area contributed by atoms with Crippen molar-refractivity contribution in [3.8, 4) is 0 Å². The zero-order valence-electron chi connectivity index (χ0n) is 9.79. The van der Waals surface area contributed by atoms with Crippen molar-refractivity contribution < 1.29 is 14.7 Å². The molecule has 7 heteroatoms. The molecule has 1 amide bonds. The summed E-state index contributed by atoms with van der Waals surface area (Å²) < 4.78 is 1.85. The van der Waals surface area contributed by atoms with Gasteiger partial charge in [0, 0.05) is 24.3 Å². The van der Waals surface area contributed by atoms with Crippen molar-refractivity contribution in [2.75, 3.05) is 6.54 Å². The molecule has 0 aromatic carbocycles. The van der Waals surface area contributed by atoms with E-state index in [1.165, 1.54) is 11.3 Å². The molecular formula is C11H13N3O3S. The van der Waals surface area contributed by atoms with Gasteiger partial charge in [-0.1, -0.05) is 6.92 Å². The van der Waals surface area contributed by atoms with E-state index in [0.717, 1.165) is 4.96 Å². The predicted molar refractivity (Wildman–Crippen MR) is 66.6 cm³/mol. The maximum absolute atomic E-state index is 11.6. The lowest BCUT2D eigenvalue weighted by Gasteiger charge is -2.07. The number of rotatable bonds is 5. The van der Waals surface area contributed by atoms with Crippen LogP contribution in [0.2, 0.25) is 0 Å². The number of fused-ring (bicyclic) bond motifs is 1. The van der Waals surface area contributed by atoms with Gasteiger partial charge in [0.15, 0.2) is 4.96 Å². The number of hydrogen-bond acceptors (Lipinski definition) is 4. The first-order chi connectivity index (χ1) is 8.56. The van der Waals surface area contributed by atoms with E-state index < -0.39 is 11.9 Å². The van der Waals surface area contributed by atoms with Crippen LogP contribution in [0.15, 0.2) is 17.8 Å². The summed E-state index contributed by atoms with van der Waals surface area (Å²) in [6, 6.07) is 0. The monoisotopic (exact) mass is 267 g/mol. The summed E-state index contributed by atoms with van der Waals surface area (Å²) >= 11 is 1.50. The number of nitrogens with zero attached hydrogens (tertiary/aromatic N) is 2. The van der Waals surface area contributed by atoms with Crippen molar-refractivity contribution in [3.63, 3.8) is 0 Å². The van der Waals surface area contributed by atoms with Gasteiger partial charge in [-0.05, 0) is 0 Å². The minimum Gasteiger partial charge on any atom is -0.481 e. The van der Waals surface area contributed by atoms with Crippen LogP contribution >= 0.6 is 11.3 Å². The van der Waals surface area contributed by atoms with Crippen molar-refractivity contribution in [1.82, 2.24) is 14.7 Å². The highest BCUT2D eigenvalue weighted by molar-refractivity contribution is 7.15. The zero-order valence-corrected chi connectivity index (χ0v) is 10.6. The topological polar surface area (TPSA) is 83.7 Å². The van der Waals surface area contributed by atoms with E-state index in [-0.39, 0.29) is 18.9 Å². The molecule has 2 rings (SSSR count). The van der Waals surface area contributed by atoms with Crippen molar-refractivity contribution in [1.29, 1.82) is 0 Å². The van der Waals surface area contributed by atoms with Crippen LogP contribution in [0.4, 0.5) is 0 Å². The van der Waals surface area contributed by atoms with Crippen LogP contribution < -0.4 is 5.32 Å². The second-order valence-corrected chi connectivity index (χ2v) is 4.92. The third kappa shape index (κ3) is 2.86. The number of nitrogens with one attached hydrogen (secondary N) is 1. The molecule has 0 bridgehead atoms.